The molecule has 1 unspecified atom stereocenters. The summed E-state index contributed by atoms with van der Waals surface area (Å²) < 4.78 is 0. The zero-order valence-electron chi connectivity index (χ0n) is 17.8. The maximum absolute atomic E-state index is 11.7. The fourth-order valence-electron chi connectivity index (χ4n) is 5.44. The smallest absolute Gasteiger partial charge is 0.220 e. The van der Waals surface area contributed by atoms with Crippen molar-refractivity contribution in [3.63, 3.8) is 0 Å². The van der Waals surface area contributed by atoms with Crippen molar-refractivity contribution in [2.24, 2.45) is 10.4 Å². The summed E-state index contributed by atoms with van der Waals surface area (Å²) >= 11 is 0. The number of rotatable bonds is 1. The summed E-state index contributed by atoms with van der Waals surface area (Å²) in [6, 6.07) is 4.12. The SMILES string of the molecule is CC1CCN(C2=NCc3nc(N4CCC5(CC4)CNC(=O)C5)cnc32)c2cccnc21. The minimum absolute atomic E-state index is 0.140. The van der Waals surface area contributed by atoms with Crippen LogP contribution in [-0.2, 0) is 11.3 Å². The Balaban J connectivity index is 1.22. The van der Waals surface area contributed by atoms with Crippen LogP contribution in [0.4, 0.5) is 11.5 Å². The number of nitrogens with one attached hydrogen (secondary N) is 1. The van der Waals surface area contributed by atoms with Gasteiger partial charge in [0.2, 0.25) is 5.91 Å². The summed E-state index contributed by atoms with van der Waals surface area (Å²) in [4.78, 5) is 35.5. The van der Waals surface area contributed by atoms with Crippen LogP contribution in [0, 0.1) is 5.41 Å². The minimum Gasteiger partial charge on any atom is -0.356 e. The molecule has 1 N–H and O–H groups in total. The molecule has 1 atom stereocenters. The first-order valence-electron chi connectivity index (χ1n) is 11.3. The van der Waals surface area contributed by atoms with Gasteiger partial charge in [0, 0.05) is 44.7 Å². The first kappa shape index (κ1) is 18.7. The zero-order chi connectivity index (χ0) is 21.0. The highest BCUT2D eigenvalue weighted by atomic mass is 16.1. The van der Waals surface area contributed by atoms with E-state index in [1.807, 2.05) is 18.5 Å². The van der Waals surface area contributed by atoms with Gasteiger partial charge in [-0.15, -0.1) is 0 Å². The van der Waals surface area contributed by atoms with E-state index in [2.05, 4.69) is 33.1 Å². The molecule has 0 aromatic carbocycles. The highest BCUT2D eigenvalue weighted by Crippen LogP contribution is 2.39. The second-order valence-corrected chi connectivity index (χ2v) is 9.35. The average Bonchev–Trinajstić information content (AvgIpc) is 3.38. The van der Waals surface area contributed by atoms with Crippen molar-refractivity contribution in [2.75, 3.05) is 36.0 Å². The van der Waals surface area contributed by atoms with Crippen molar-refractivity contribution < 1.29 is 4.79 Å². The number of piperidine rings is 1. The van der Waals surface area contributed by atoms with E-state index in [1.165, 1.54) is 0 Å². The standard InChI is InChI=1S/C23H27N7O/c1-15-4-8-30(17-3-2-7-24-20(15)17)22-21-16(12-26-22)28-18(13-25-21)29-9-5-23(6-10-29)11-19(31)27-14-23/h2-3,7,13,15H,4-6,8-12,14H2,1H3,(H,27,31). The number of pyridine rings is 1. The Morgan fingerprint density at radius 1 is 1.19 bits per heavy atom. The van der Waals surface area contributed by atoms with Crippen LogP contribution in [0.5, 0.6) is 0 Å². The Morgan fingerprint density at radius 2 is 2.06 bits per heavy atom. The van der Waals surface area contributed by atoms with Crippen molar-refractivity contribution in [2.45, 2.75) is 45.1 Å². The molecule has 31 heavy (non-hydrogen) atoms. The molecule has 1 spiro atoms. The third-order valence-corrected chi connectivity index (χ3v) is 7.38. The number of anilines is 2. The molecule has 8 nitrogen and oxygen atoms in total. The number of amides is 1. The van der Waals surface area contributed by atoms with Gasteiger partial charge in [0.1, 0.15) is 11.5 Å². The van der Waals surface area contributed by atoms with Crippen LogP contribution in [0.25, 0.3) is 0 Å². The third-order valence-electron chi connectivity index (χ3n) is 7.38. The quantitative estimate of drug-likeness (QED) is 0.766. The number of carbonyl (C=O) groups excluding carboxylic acids is 1. The summed E-state index contributed by atoms with van der Waals surface area (Å²) in [5, 5.41) is 3.00. The summed E-state index contributed by atoms with van der Waals surface area (Å²) in [5.41, 5.74) is 4.26. The Hall–Kier alpha value is -3.03. The molecule has 0 radical (unpaired) electrons. The first-order chi connectivity index (χ1) is 15.1. The van der Waals surface area contributed by atoms with Gasteiger partial charge in [-0.3, -0.25) is 14.8 Å². The Morgan fingerprint density at radius 3 is 2.87 bits per heavy atom. The molecule has 2 aromatic heterocycles. The molecule has 1 amide bonds. The second-order valence-electron chi connectivity index (χ2n) is 9.35. The molecule has 2 fully saturated rings. The molecule has 160 valence electrons. The van der Waals surface area contributed by atoms with E-state index >= 15 is 0 Å². The Kier molecular flexibility index (Phi) is 4.23. The number of aromatic nitrogens is 3. The van der Waals surface area contributed by atoms with Gasteiger partial charge in [-0.1, -0.05) is 6.92 Å². The fourth-order valence-corrected chi connectivity index (χ4v) is 5.44. The van der Waals surface area contributed by atoms with Crippen molar-refractivity contribution in [3.8, 4) is 0 Å². The largest absolute Gasteiger partial charge is 0.356 e. The van der Waals surface area contributed by atoms with Crippen molar-refractivity contribution in [1.82, 2.24) is 20.3 Å². The summed E-state index contributed by atoms with van der Waals surface area (Å²) in [6.07, 6.45) is 7.52. The van der Waals surface area contributed by atoms with E-state index < -0.39 is 0 Å². The van der Waals surface area contributed by atoms with E-state index in [0.717, 1.165) is 79.9 Å². The first-order valence-corrected chi connectivity index (χ1v) is 11.3. The number of hydrogen-bond acceptors (Lipinski definition) is 7. The lowest BCUT2D eigenvalue weighted by atomic mass is 9.78. The van der Waals surface area contributed by atoms with E-state index in [4.69, 9.17) is 15.0 Å². The molecule has 4 aliphatic rings. The molecule has 6 heterocycles. The van der Waals surface area contributed by atoms with Crippen LogP contribution >= 0.6 is 0 Å². The van der Waals surface area contributed by atoms with Gasteiger partial charge in [-0.05, 0) is 36.8 Å². The molecule has 0 aliphatic carbocycles. The Bertz CT molecular complexity index is 1070. The number of fused-ring (bicyclic) bond motifs is 2. The lowest BCUT2D eigenvalue weighted by Gasteiger charge is -2.38. The lowest BCUT2D eigenvalue weighted by Crippen LogP contribution is -2.41. The predicted molar refractivity (Wildman–Crippen MR) is 118 cm³/mol. The maximum Gasteiger partial charge on any atom is 0.220 e. The van der Waals surface area contributed by atoms with Crippen LogP contribution in [0.15, 0.2) is 29.5 Å². The molecule has 6 rings (SSSR count). The van der Waals surface area contributed by atoms with Gasteiger partial charge < -0.3 is 15.1 Å². The van der Waals surface area contributed by atoms with E-state index in [-0.39, 0.29) is 11.3 Å². The highest BCUT2D eigenvalue weighted by molar-refractivity contribution is 6.11. The molecular weight excluding hydrogens is 390 g/mol. The lowest BCUT2D eigenvalue weighted by molar-refractivity contribution is -0.119. The number of nitrogens with zero attached hydrogens (tertiary/aromatic N) is 6. The number of hydrogen-bond donors (Lipinski definition) is 1. The van der Waals surface area contributed by atoms with E-state index in [0.29, 0.717) is 18.9 Å². The van der Waals surface area contributed by atoms with E-state index in [9.17, 15) is 4.79 Å². The predicted octanol–water partition coefficient (Wildman–Crippen LogP) is 2.25. The molecule has 4 aliphatic heterocycles. The fraction of sp³-hybridized carbons (Fsp3) is 0.522. The normalized spacial score (nSPS) is 24.1. The van der Waals surface area contributed by atoms with Crippen LogP contribution in [0.2, 0.25) is 0 Å². The van der Waals surface area contributed by atoms with Crippen molar-refractivity contribution in [3.05, 3.63) is 41.6 Å². The summed E-state index contributed by atoms with van der Waals surface area (Å²) in [5.74, 6) is 2.49. The van der Waals surface area contributed by atoms with Gasteiger partial charge >= 0.3 is 0 Å². The van der Waals surface area contributed by atoms with Crippen molar-refractivity contribution >= 4 is 23.2 Å². The van der Waals surface area contributed by atoms with Crippen LogP contribution in [-0.4, -0.2) is 52.9 Å². The Labute approximate surface area is 181 Å². The minimum atomic E-state index is 0.140. The zero-order valence-corrected chi connectivity index (χ0v) is 17.8. The van der Waals surface area contributed by atoms with Crippen LogP contribution in [0.1, 0.15) is 55.6 Å². The third kappa shape index (κ3) is 3.07. The number of carbonyl (C=O) groups is 1. The topological polar surface area (TPSA) is 86.6 Å². The molecule has 2 aromatic rings. The van der Waals surface area contributed by atoms with Crippen LogP contribution in [0.3, 0.4) is 0 Å². The van der Waals surface area contributed by atoms with E-state index in [1.54, 1.807) is 0 Å². The molecule has 0 saturated carbocycles. The second kappa shape index (κ2) is 7.00. The van der Waals surface area contributed by atoms with Gasteiger partial charge in [0.05, 0.1) is 29.8 Å². The molecule has 2 saturated heterocycles. The molecule has 0 bridgehead atoms. The van der Waals surface area contributed by atoms with Gasteiger partial charge in [0.25, 0.3) is 0 Å². The summed E-state index contributed by atoms with van der Waals surface area (Å²) in [6.45, 7) is 6.38. The number of aliphatic imine (C=N–C) groups is 1. The highest BCUT2D eigenvalue weighted by Gasteiger charge is 2.41. The average molecular weight is 418 g/mol. The number of amidine groups is 1. The maximum atomic E-state index is 11.7. The van der Waals surface area contributed by atoms with Gasteiger partial charge in [0.15, 0.2) is 5.84 Å². The van der Waals surface area contributed by atoms with Crippen LogP contribution < -0.4 is 15.1 Å². The monoisotopic (exact) mass is 417 g/mol. The summed E-state index contributed by atoms with van der Waals surface area (Å²) in [7, 11) is 0. The van der Waals surface area contributed by atoms with Gasteiger partial charge in [-0.25, -0.2) is 9.97 Å². The molecular formula is C23H27N7O. The molecule has 8 heteroatoms. The van der Waals surface area contributed by atoms with Crippen molar-refractivity contribution in [1.29, 1.82) is 0 Å². The van der Waals surface area contributed by atoms with Gasteiger partial charge in [-0.2, -0.15) is 0 Å².